The number of aryl methyl sites for hydroxylation is 2. The Balaban J connectivity index is 1.66. The van der Waals surface area contributed by atoms with Crippen molar-refractivity contribution in [3.8, 4) is 0 Å². The minimum absolute atomic E-state index is 0.166. The number of esters is 1. The maximum Gasteiger partial charge on any atom is 0.312 e. The van der Waals surface area contributed by atoms with Gasteiger partial charge in [-0.2, -0.15) is 5.10 Å². The Bertz CT molecular complexity index is 1220. The maximum absolute atomic E-state index is 12.2. The number of fused-ring (bicyclic) bond motifs is 1. The van der Waals surface area contributed by atoms with E-state index in [4.69, 9.17) is 4.74 Å². The fraction of sp³-hybridized carbons (Fsp3) is 0.200. The van der Waals surface area contributed by atoms with Gasteiger partial charge in [0.05, 0.1) is 28.1 Å². The lowest BCUT2D eigenvalue weighted by Gasteiger charge is -2.10. The van der Waals surface area contributed by atoms with E-state index in [1.807, 2.05) is 0 Å². The zero-order valence-corrected chi connectivity index (χ0v) is 16.2. The van der Waals surface area contributed by atoms with E-state index in [2.05, 4.69) is 10.4 Å². The highest BCUT2D eigenvalue weighted by Crippen LogP contribution is 2.21. The minimum atomic E-state index is -0.697. The Morgan fingerprint density at radius 2 is 1.90 bits per heavy atom. The predicted octanol–water partition coefficient (Wildman–Crippen LogP) is 1.87. The number of nitrogens with zero attached hydrogens (tertiary/aromatic N) is 3. The van der Waals surface area contributed by atoms with Crippen molar-refractivity contribution in [1.29, 1.82) is 0 Å². The van der Waals surface area contributed by atoms with Crippen molar-refractivity contribution >= 4 is 34.0 Å². The first-order valence-corrected chi connectivity index (χ1v) is 8.91. The molecule has 154 valence electrons. The highest BCUT2D eigenvalue weighted by atomic mass is 16.6. The number of nitrogens with one attached hydrogen (secondary N) is 1. The molecule has 0 aliphatic carbocycles. The van der Waals surface area contributed by atoms with Gasteiger partial charge in [-0.25, -0.2) is 4.68 Å². The number of aromatic nitrogens is 2. The van der Waals surface area contributed by atoms with Crippen molar-refractivity contribution < 1.29 is 19.2 Å². The number of hydrogen-bond acceptors (Lipinski definition) is 7. The van der Waals surface area contributed by atoms with Gasteiger partial charge in [0, 0.05) is 24.6 Å². The molecule has 0 atom stereocenters. The van der Waals surface area contributed by atoms with E-state index in [-0.39, 0.29) is 23.4 Å². The number of carbonyl (C=O) groups excluding carboxylic acids is 2. The zero-order valence-electron chi connectivity index (χ0n) is 16.2. The third-order valence-corrected chi connectivity index (χ3v) is 4.42. The number of nitro benzene ring substituents is 1. The van der Waals surface area contributed by atoms with E-state index in [1.165, 1.54) is 25.2 Å². The Hall–Kier alpha value is -4.08. The normalized spacial score (nSPS) is 10.6. The lowest BCUT2D eigenvalue weighted by Crippen LogP contribution is -2.25. The van der Waals surface area contributed by atoms with E-state index in [9.17, 15) is 24.5 Å². The first-order chi connectivity index (χ1) is 14.3. The van der Waals surface area contributed by atoms with Gasteiger partial charge in [-0.15, -0.1) is 0 Å². The second-order valence-corrected chi connectivity index (χ2v) is 6.56. The molecule has 3 aromatic rings. The molecule has 0 radical (unpaired) electrons. The number of hydrogen-bond donors (Lipinski definition) is 1. The first-order valence-electron chi connectivity index (χ1n) is 8.91. The van der Waals surface area contributed by atoms with Crippen LogP contribution in [0.2, 0.25) is 0 Å². The van der Waals surface area contributed by atoms with E-state index >= 15 is 0 Å². The molecular weight excluding hydrogens is 392 g/mol. The molecule has 0 bridgehead atoms. The highest BCUT2D eigenvalue weighted by molar-refractivity contribution is 5.94. The standard InChI is InChI=1S/C20H18N4O6/c1-12-7-8-13(24(28)29)9-16(12)21-18(25)11-30-19(26)10-17-14-5-3-4-6-15(14)20(27)23(2)22-17/h3-9H,10-11H2,1-2H3,(H,21,25). The Kier molecular flexibility index (Phi) is 5.86. The topological polar surface area (TPSA) is 133 Å². The van der Waals surface area contributed by atoms with Gasteiger partial charge in [0.1, 0.15) is 0 Å². The van der Waals surface area contributed by atoms with Crippen LogP contribution < -0.4 is 10.9 Å². The summed E-state index contributed by atoms with van der Waals surface area (Å²) in [4.78, 5) is 46.7. The molecule has 0 unspecified atom stereocenters. The van der Waals surface area contributed by atoms with E-state index in [1.54, 1.807) is 31.2 Å². The van der Waals surface area contributed by atoms with Crippen molar-refractivity contribution in [2.45, 2.75) is 13.3 Å². The summed E-state index contributed by atoms with van der Waals surface area (Å²) >= 11 is 0. The van der Waals surface area contributed by atoms with Crippen LogP contribution in [0, 0.1) is 17.0 Å². The number of carbonyl (C=O) groups is 2. The number of benzene rings is 2. The largest absolute Gasteiger partial charge is 0.455 e. The lowest BCUT2D eigenvalue weighted by atomic mass is 10.1. The highest BCUT2D eigenvalue weighted by Gasteiger charge is 2.16. The summed E-state index contributed by atoms with van der Waals surface area (Å²) in [7, 11) is 1.48. The molecule has 0 spiro atoms. The van der Waals surface area contributed by atoms with Gasteiger partial charge in [-0.1, -0.05) is 24.3 Å². The van der Waals surface area contributed by atoms with Gasteiger partial charge in [-0.3, -0.25) is 24.5 Å². The second-order valence-electron chi connectivity index (χ2n) is 6.56. The molecule has 1 aromatic heterocycles. The summed E-state index contributed by atoms with van der Waals surface area (Å²) in [6.45, 7) is 1.12. The molecule has 1 heterocycles. The maximum atomic E-state index is 12.2. The monoisotopic (exact) mass is 410 g/mol. The van der Waals surface area contributed by atoms with Crippen LogP contribution in [-0.4, -0.2) is 33.2 Å². The number of non-ortho nitro benzene ring substituents is 1. The molecule has 0 fully saturated rings. The van der Waals surface area contributed by atoms with E-state index in [0.29, 0.717) is 22.0 Å². The van der Waals surface area contributed by atoms with Crippen molar-refractivity contribution in [3.63, 3.8) is 0 Å². The van der Waals surface area contributed by atoms with Gasteiger partial charge in [0.2, 0.25) is 0 Å². The van der Waals surface area contributed by atoms with Crippen LogP contribution in [0.5, 0.6) is 0 Å². The molecule has 10 nitrogen and oxygen atoms in total. The van der Waals surface area contributed by atoms with Crippen LogP contribution in [0.3, 0.4) is 0 Å². The van der Waals surface area contributed by atoms with Crippen LogP contribution in [0.25, 0.3) is 10.8 Å². The van der Waals surface area contributed by atoms with E-state index in [0.717, 1.165) is 4.68 Å². The fourth-order valence-electron chi connectivity index (χ4n) is 2.88. The summed E-state index contributed by atoms with van der Waals surface area (Å²) in [6.07, 6.45) is -0.224. The molecule has 30 heavy (non-hydrogen) atoms. The molecule has 1 N–H and O–H groups in total. The minimum Gasteiger partial charge on any atom is -0.455 e. The Morgan fingerprint density at radius 1 is 1.20 bits per heavy atom. The third kappa shape index (κ3) is 4.49. The molecule has 0 aliphatic heterocycles. The molecule has 0 aliphatic rings. The fourth-order valence-corrected chi connectivity index (χ4v) is 2.88. The van der Waals surface area contributed by atoms with Crippen LogP contribution in [0.15, 0.2) is 47.3 Å². The lowest BCUT2D eigenvalue weighted by molar-refractivity contribution is -0.384. The average Bonchev–Trinajstić information content (AvgIpc) is 2.72. The zero-order chi connectivity index (χ0) is 21.8. The number of nitro groups is 1. The summed E-state index contributed by atoms with van der Waals surface area (Å²) in [5.74, 6) is -1.33. The second kappa shape index (κ2) is 8.52. The number of ether oxygens (including phenoxy) is 1. The molecule has 3 rings (SSSR count). The molecule has 10 heteroatoms. The number of anilines is 1. The first kappa shape index (κ1) is 20.6. The molecule has 0 saturated heterocycles. The number of amides is 1. The van der Waals surface area contributed by atoms with Crippen LogP contribution in [0.1, 0.15) is 11.3 Å². The molecule has 1 amide bonds. The molecule has 0 saturated carbocycles. The van der Waals surface area contributed by atoms with E-state index < -0.39 is 23.4 Å². The van der Waals surface area contributed by atoms with Crippen molar-refractivity contribution in [3.05, 3.63) is 74.2 Å². The average molecular weight is 410 g/mol. The van der Waals surface area contributed by atoms with Gasteiger partial charge in [0.25, 0.3) is 17.2 Å². The van der Waals surface area contributed by atoms with Gasteiger partial charge < -0.3 is 10.1 Å². The van der Waals surface area contributed by atoms with Gasteiger partial charge >= 0.3 is 5.97 Å². The predicted molar refractivity (Wildman–Crippen MR) is 108 cm³/mol. The van der Waals surface area contributed by atoms with Gasteiger partial charge in [-0.05, 0) is 18.6 Å². The molecule has 2 aromatic carbocycles. The van der Waals surface area contributed by atoms with Crippen molar-refractivity contribution in [1.82, 2.24) is 9.78 Å². The molecular formula is C20H18N4O6. The third-order valence-electron chi connectivity index (χ3n) is 4.42. The number of rotatable bonds is 6. The summed E-state index contributed by atoms with van der Waals surface area (Å²) in [5.41, 5.74) is 0.791. The Labute approximate surface area is 170 Å². The SMILES string of the molecule is Cc1ccc([N+](=O)[O-])cc1NC(=O)COC(=O)Cc1nn(C)c(=O)c2ccccc12. The van der Waals surface area contributed by atoms with Crippen LogP contribution >= 0.6 is 0 Å². The Morgan fingerprint density at radius 3 is 2.60 bits per heavy atom. The smallest absolute Gasteiger partial charge is 0.312 e. The summed E-state index contributed by atoms with van der Waals surface area (Å²) in [6, 6.07) is 10.8. The van der Waals surface area contributed by atoms with Gasteiger partial charge in [0.15, 0.2) is 6.61 Å². The summed E-state index contributed by atoms with van der Waals surface area (Å²) < 4.78 is 6.15. The van der Waals surface area contributed by atoms with Crippen molar-refractivity contribution in [2.24, 2.45) is 7.05 Å². The summed E-state index contributed by atoms with van der Waals surface area (Å²) in [5, 5.41) is 18.4. The van der Waals surface area contributed by atoms with Crippen LogP contribution in [-0.2, 0) is 27.8 Å². The quantitative estimate of drug-likeness (QED) is 0.372. The van der Waals surface area contributed by atoms with Crippen LogP contribution in [0.4, 0.5) is 11.4 Å². The van der Waals surface area contributed by atoms with Crippen molar-refractivity contribution in [2.75, 3.05) is 11.9 Å².